The van der Waals surface area contributed by atoms with E-state index >= 15 is 0 Å². The summed E-state index contributed by atoms with van der Waals surface area (Å²) in [6, 6.07) is 8.22. The van der Waals surface area contributed by atoms with E-state index in [-0.39, 0.29) is 0 Å². The van der Waals surface area contributed by atoms with Gasteiger partial charge in [-0.3, -0.25) is 0 Å². The van der Waals surface area contributed by atoms with Crippen LogP contribution in [0.15, 0.2) is 24.3 Å². The molecule has 0 unspecified atom stereocenters. The van der Waals surface area contributed by atoms with Crippen LogP contribution in [0.1, 0.15) is 18.1 Å². The molecule has 0 amide bonds. The summed E-state index contributed by atoms with van der Waals surface area (Å²) in [7, 11) is 1.68. The summed E-state index contributed by atoms with van der Waals surface area (Å²) in [6.45, 7) is 2.64. The van der Waals surface area contributed by atoms with Gasteiger partial charge in [0.25, 0.3) is 0 Å². The number of aryl methyl sites for hydroxylation is 1. The lowest BCUT2D eigenvalue weighted by Gasteiger charge is -2.10. The predicted molar refractivity (Wildman–Crippen MR) is 69.6 cm³/mol. The first-order valence-corrected chi connectivity index (χ1v) is 5.67. The van der Waals surface area contributed by atoms with E-state index in [1.54, 1.807) is 7.11 Å². The maximum Gasteiger partial charge on any atom is 0.143 e. The first-order valence-electron chi connectivity index (χ1n) is 5.67. The van der Waals surface area contributed by atoms with Crippen molar-refractivity contribution in [2.45, 2.75) is 20.0 Å². The van der Waals surface area contributed by atoms with Crippen molar-refractivity contribution in [3.05, 3.63) is 35.4 Å². The van der Waals surface area contributed by atoms with Gasteiger partial charge in [-0.2, -0.15) is 0 Å². The summed E-state index contributed by atoms with van der Waals surface area (Å²) in [5.41, 5.74) is 5.79. The number of nitrogens with one attached hydrogen (secondary N) is 1. The minimum atomic E-state index is 0.555. The number of nitrogen functional groups attached to an aromatic ring is 1. The zero-order chi connectivity index (χ0) is 12.3. The normalized spacial score (nSPS) is 10.8. The van der Waals surface area contributed by atoms with Gasteiger partial charge in [-0.1, -0.05) is 25.1 Å². The quantitative estimate of drug-likeness (QED) is 0.625. The first-order chi connectivity index (χ1) is 8.30. The molecule has 0 saturated heterocycles. The Balaban J connectivity index is 2.64. The molecule has 0 spiro atoms. The molecule has 2 rings (SSSR count). The molecule has 4 nitrogen and oxygen atoms in total. The van der Waals surface area contributed by atoms with Gasteiger partial charge in [0.2, 0.25) is 0 Å². The van der Waals surface area contributed by atoms with Gasteiger partial charge in [0, 0.05) is 18.1 Å². The van der Waals surface area contributed by atoms with E-state index in [2.05, 4.69) is 29.5 Å². The van der Waals surface area contributed by atoms with Gasteiger partial charge in [-0.05, 0) is 18.1 Å². The average molecular weight is 231 g/mol. The van der Waals surface area contributed by atoms with Crippen molar-refractivity contribution in [3.63, 3.8) is 0 Å². The Morgan fingerprint density at radius 1 is 1.35 bits per heavy atom. The van der Waals surface area contributed by atoms with Gasteiger partial charge in [-0.25, -0.2) is 10.8 Å². The highest BCUT2D eigenvalue weighted by Gasteiger charge is 2.07. The van der Waals surface area contributed by atoms with Crippen molar-refractivity contribution in [1.29, 1.82) is 0 Å². The van der Waals surface area contributed by atoms with Crippen molar-refractivity contribution < 1.29 is 4.74 Å². The lowest BCUT2D eigenvalue weighted by atomic mass is 10.1. The Hall–Kier alpha value is -1.65. The summed E-state index contributed by atoms with van der Waals surface area (Å²) >= 11 is 0. The van der Waals surface area contributed by atoms with Crippen LogP contribution in [0.5, 0.6) is 0 Å². The van der Waals surface area contributed by atoms with E-state index in [4.69, 9.17) is 10.6 Å². The van der Waals surface area contributed by atoms with Crippen LogP contribution in [-0.2, 0) is 17.8 Å². The minimum Gasteiger partial charge on any atom is -0.380 e. The number of nitrogens with two attached hydrogens (primary N) is 1. The minimum absolute atomic E-state index is 0.555. The SMILES string of the molecule is CCc1cc2cccc(COC)c2nc1NN. The fourth-order valence-electron chi connectivity index (χ4n) is 1.97. The van der Waals surface area contributed by atoms with Crippen LogP contribution in [0, 0.1) is 0 Å². The topological polar surface area (TPSA) is 60.2 Å². The number of methoxy groups -OCH3 is 1. The van der Waals surface area contributed by atoms with Crippen molar-refractivity contribution in [2.75, 3.05) is 12.5 Å². The molecule has 0 aliphatic rings. The molecule has 1 heterocycles. The molecule has 90 valence electrons. The van der Waals surface area contributed by atoms with Crippen LogP contribution < -0.4 is 11.3 Å². The van der Waals surface area contributed by atoms with Gasteiger partial charge >= 0.3 is 0 Å². The van der Waals surface area contributed by atoms with E-state index in [1.807, 2.05) is 12.1 Å². The summed E-state index contributed by atoms with van der Waals surface area (Å²) in [6.07, 6.45) is 0.900. The molecule has 4 heteroatoms. The number of hydrogen-bond acceptors (Lipinski definition) is 4. The second-order valence-electron chi connectivity index (χ2n) is 3.92. The summed E-state index contributed by atoms with van der Waals surface area (Å²) in [5, 5.41) is 1.12. The number of aromatic nitrogens is 1. The van der Waals surface area contributed by atoms with Crippen LogP contribution in [0.25, 0.3) is 10.9 Å². The molecule has 1 aromatic carbocycles. The molecule has 0 radical (unpaired) electrons. The Morgan fingerprint density at radius 2 is 2.18 bits per heavy atom. The molecule has 1 aromatic heterocycles. The summed E-state index contributed by atoms with van der Waals surface area (Å²) in [4.78, 5) is 4.57. The molecule has 3 N–H and O–H groups in total. The zero-order valence-corrected chi connectivity index (χ0v) is 10.2. The second kappa shape index (κ2) is 5.12. The van der Waals surface area contributed by atoms with Gasteiger partial charge in [0.05, 0.1) is 12.1 Å². The lowest BCUT2D eigenvalue weighted by Crippen LogP contribution is -2.11. The fraction of sp³-hybridized carbons (Fsp3) is 0.308. The van der Waals surface area contributed by atoms with Crippen molar-refractivity contribution in [1.82, 2.24) is 4.98 Å². The molecule has 0 bridgehead atoms. The third-order valence-electron chi connectivity index (χ3n) is 2.83. The Kier molecular flexibility index (Phi) is 3.56. The van der Waals surface area contributed by atoms with E-state index < -0.39 is 0 Å². The predicted octanol–water partition coefficient (Wildman–Crippen LogP) is 2.23. The summed E-state index contributed by atoms with van der Waals surface area (Å²) in [5.74, 6) is 6.24. The van der Waals surface area contributed by atoms with Crippen LogP contribution in [0.4, 0.5) is 5.82 Å². The third-order valence-corrected chi connectivity index (χ3v) is 2.83. The highest BCUT2D eigenvalue weighted by molar-refractivity contribution is 5.84. The highest BCUT2D eigenvalue weighted by atomic mass is 16.5. The maximum absolute atomic E-state index is 5.50. The van der Waals surface area contributed by atoms with Crippen LogP contribution in [0.3, 0.4) is 0 Å². The van der Waals surface area contributed by atoms with Crippen molar-refractivity contribution in [2.24, 2.45) is 5.84 Å². The van der Waals surface area contributed by atoms with Gasteiger partial charge in [0.1, 0.15) is 5.82 Å². The molecule has 0 atom stereocenters. The Bertz CT molecular complexity index is 525. The molecule has 0 fully saturated rings. The fourth-order valence-corrected chi connectivity index (χ4v) is 1.97. The number of hydrazine groups is 1. The van der Waals surface area contributed by atoms with E-state index in [0.29, 0.717) is 6.61 Å². The number of hydrogen-bond donors (Lipinski definition) is 2. The number of fused-ring (bicyclic) bond motifs is 1. The number of para-hydroxylation sites is 1. The van der Waals surface area contributed by atoms with E-state index in [9.17, 15) is 0 Å². The molecule has 0 aliphatic heterocycles. The molecule has 2 aromatic rings. The summed E-state index contributed by atoms with van der Waals surface area (Å²) < 4.78 is 5.17. The number of ether oxygens (including phenoxy) is 1. The molecule has 0 saturated carbocycles. The molecule has 0 aliphatic carbocycles. The van der Waals surface area contributed by atoms with Crippen molar-refractivity contribution in [3.8, 4) is 0 Å². The van der Waals surface area contributed by atoms with Gasteiger partial charge in [-0.15, -0.1) is 0 Å². The van der Waals surface area contributed by atoms with E-state index in [1.165, 1.54) is 0 Å². The van der Waals surface area contributed by atoms with Gasteiger partial charge < -0.3 is 10.2 Å². The number of benzene rings is 1. The highest BCUT2D eigenvalue weighted by Crippen LogP contribution is 2.23. The van der Waals surface area contributed by atoms with Gasteiger partial charge in [0.15, 0.2) is 0 Å². The third kappa shape index (κ3) is 2.23. The van der Waals surface area contributed by atoms with Crippen molar-refractivity contribution >= 4 is 16.7 Å². The second-order valence-corrected chi connectivity index (χ2v) is 3.92. The van der Waals surface area contributed by atoms with E-state index in [0.717, 1.165) is 34.3 Å². The smallest absolute Gasteiger partial charge is 0.143 e. The largest absolute Gasteiger partial charge is 0.380 e. The lowest BCUT2D eigenvalue weighted by molar-refractivity contribution is 0.186. The average Bonchev–Trinajstić information content (AvgIpc) is 2.38. The Morgan fingerprint density at radius 3 is 2.82 bits per heavy atom. The number of nitrogens with zero attached hydrogens (tertiary/aromatic N) is 1. The van der Waals surface area contributed by atoms with Crippen LogP contribution >= 0.6 is 0 Å². The first kappa shape index (κ1) is 11.8. The number of anilines is 1. The molecule has 17 heavy (non-hydrogen) atoms. The standard InChI is InChI=1S/C13H17N3O/c1-3-9-7-10-5-4-6-11(8-17-2)12(10)15-13(9)16-14/h4-7H,3,8,14H2,1-2H3,(H,15,16). The number of pyridine rings is 1. The van der Waals surface area contributed by atoms with Crippen LogP contribution in [0.2, 0.25) is 0 Å². The Labute approximate surface area is 101 Å². The number of rotatable bonds is 4. The molecular formula is C13H17N3O. The van der Waals surface area contributed by atoms with Crippen LogP contribution in [-0.4, -0.2) is 12.1 Å². The molecular weight excluding hydrogens is 214 g/mol. The zero-order valence-electron chi connectivity index (χ0n) is 10.2. The maximum atomic E-state index is 5.50. The monoisotopic (exact) mass is 231 g/mol.